The van der Waals surface area contributed by atoms with Crippen molar-refractivity contribution < 1.29 is 4.79 Å². The summed E-state index contributed by atoms with van der Waals surface area (Å²) >= 11 is 0. The lowest BCUT2D eigenvalue weighted by Gasteiger charge is -2.06. The van der Waals surface area contributed by atoms with Crippen LogP contribution in [-0.2, 0) is 4.79 Å². The van der Waals surface area contributed by atoms with Gasteiger partial charge in [-0.1, -0.05) is 25.1 Å². The fraction of sp³-hybridized carbons (Fsp3) is 0.0769. The highest BCUT2D eigenvalue weighted by Gasteiger charge is 2.16. The van der Waals surface area contributed by atoms with Crippen LogP contribution in [0.2, 0.25) is 0 Å². The molecular formula is C26H20N8O. The first-order valence-corrected chi connectivity index (χ1v) is 11.2. The van der Waals surface area contributed by atoms with Gasteiger partial charge in [0.15, 0.2) is 11.5 Å². The number of nitrogens with one attached hydrogen (secondary N) is 3. The number of aromatic nitrogens is 7. The Bertz CT molecular complexity index is 1690. The minimum Gasteiger partial charge on any atom is -0.337 e. The molecule has 0 atom stereocenters. The number of carbonyl (C=O) groups is 1. The number of benzene rings is 1. The molecule has 1 aromatic carbocycles. The van der Waals surface area contributed by atoms with Crippen molar-refractivity contribution in [2.24, 2.45) is 0 Å². The van der Waals surface area contributed by atoms with E-state index in [1.165, 1.54) is 0 Å². The Hall–Kier alpha value is -4.92. The number of anilines is 1. The molecule has 0 radical (unpaired) electrons. The molecule has 0 saturated carbocycles. The average molecular weight is 461 g/mol. The van der Waals surface area contributed by atoms with Gasteiger partial charge < -0.3 is 10.3 Å². The van der Waals surface area contributed by atoms with Gasteiger partial charge in [0.1, 0.15) is 5.69 Å². The van der Waals surface area contributed by atoms with Crippen LogP contribution in [0.4, 0.5) is 5.69 Å². The van der Waals surface area contributed by atoms with Gasteiger partial charge >= 0.3 is 0 Å². The van der Waals surface area contributed by atoms with Crippen LogP contribution >= 0.6 is 0 Å². The smallest absolute Gasteiger partial charge is 0.224 e. The van der Waals surface area contributed by atoms with Crippen molar-refractivity contribution in [1.82, 2.24) is 35.1 Å². The van der Waals surface area contributed by atoms with Gasteiger partial charge in [-0.2, -0.15) is 5.10 Å². The molecule has 0 aliphatic heterocycles. The molecule has 170 valence electrons. The molecule has 3 N–H and O–H groups in total. The molecule has 35 heavy (non-hydrogen) atoms. The lowest BCUT2D eigenvalue weighted by atomic mass is 10.1. The van der Waals surface area contributed by atoms with Gasteiger partial charge in [0.2, 0.25) is 5.91 Å². The number of nitrogens with zero attached hydrogens (tertiary/aromatic N) is 5. The van der Waals surface area contributed by atoms with E-state index in [0.29, 0.717) is 23.6 Å². The highest BCUT2D eigenvalue weighted by molar-refractivity contribution is 5.97. The summed E-state index contributed by atoms with van der Waals surface area (Å²) in [6, 6.07) is 15.7. The van der Waals surface area contributed by atoms with Crippen LogP contribution in [0.25, 0.3) is 56.0 Å². The number of fused-ring (bicyclic) bond motifs is 2. The van der Waals surface area contributed by atoms with Crippen LogP contribution < -0.4 is 5.32 Å². The maximum atomic E-state index is 11.8. The topological polar surface area (TPSA) is 125 Å². The Morgan fingerprint density at radius 1 is 1.00 bits per heavy atom. The number of rotatable bonds is 5. The van der Waals surface area contributed by atoms with E-state index in [2.05, 4.69) is 35.5 Å². The second-order valence-electron chi connectivity index (χ2n) is 8.06. The number of pyridine rings is 3. The molecule has 6 aromatic rings. The van der Waals surface area contributed by atoms with E-state index in [1.807, 2.05) is 55.5 Å². The molecule has 0 saturated heterocycles. The summed E-state index contributed by atoms with van der Waals surface area (Å²) in [4.78, 5) is 33.3. The number of hydrogen-bond acceptors (Lipinski definition) is 6. The van der Waals surface area contributed by atoms with E-state index < -0.39 is 0 Å². The Kier molecular flexibility index (Phi) is 4.99. The zero-order valence-electron chi connectivity index (χ0n) is 18.8. The Balaban J connectivity index is 1.43. The maximum absolute atomic E-state index is 11.8. The molecule has 0 aliphatic rings. The summed E-state index contributed by atoms with van der Waals surface area (Å²) in [5, 5.41) is 11.1. The lowest BCUT2D eigenvalue weighted by molar-refractivity contribution is -0.115. The molecule has 0 unspecified atom stereocenters. The van der Waals surface area contributed by atoms with Crippen molar-refractivity contribution in [2.45, 2.75) is 13.3 Å². The lowest BCUT2D eigenvalue weighted by Crippen LogP contribution is -2.09. The Morgan fingerprint density at radius 2 is 1.91 bits per heavy atom. The summed E-state index contributed by atoms with van der Waals surface area (Å²) in [6.45, 7) is 1.81. The summed E-state index contributed by atoms with van der Waals surface area (Å²) in [5.41, 5.74) is 7.19. The average Bonchev–Trinajstić information content (AvgIpc) is 3.53. The molecule has 9 nitrogen and oxygen atoms in total. The summed E-state index contributed by atoms with van der Waals surface area (Å²) < 4.78 is 0. The van der Waals surface area contributed by atoms with Gasteiger partial charge in [-0.15, -0.1) is 0 Å². The highest BCUT2D eigenvalue weighted by Crippen LogP contribution is 2.32. The number of hydrogen-bond donors (Lipinski definition) is 3. The number of carbonyl (C=O) groups excluding carboxylic acids is 1. The van der Waals surface area contributed by atoms with Crippen molar-refractivity contribution in [3.8, 4) is 33.9 Å². The zero-order valence-corrected chi connectivity index (χ0v) is 18.8. The molecule has 0 aliphatic carbocycles. The van der Waals surface area contributed by atoms with Crippen LogP contribution in [0, 0.1) is 0 Å². The third-order valence-electron chi connectivity index (χ3n) is 5.78. The molecule has 0 spiro atoms. The van der Waals surface area contributed by atoms with E-state index in [4.69, 9.17) is 4.98 Å². The van der Waals surface area contributed by atoms with Gasteiger partial charge in [-0.05, 0) is 30.3 Å². The quantitative estimate of drug-likeness (QED) is 0.333. The van der Waals surface area contributed by atoms with Gasteiger partial charge in [-0.3, -0.25) is 19.9 Å². The zero-order chi connectivity index (χ0) is 23.8. The van der Waals surface area contributed by atoms with Crippen LogP contribution in [-0.4, -0.2) is 41.0 Å². The third-order valence-corrected chi connectivity index (χ3v) is 5.78. The van der Waals surface area contributed by atoms with E-state index in [1.54, 1.807) is 24.8 Å². The minimum atomic E-state index is -0.0652. The van der Waals surface area contributed by atoms with Gasteiger partial charge in [0, 0.05) is 41.7 Å². The van der Waals surface area contributed by atoms with Crippen molar-refractivity contribution >= 4 is 33.7 Å². The van der Waals surface area contributed by atoms with E-state index in [-0.39, 0.29) is 5.91 Å². The molecule has 0 bridgehead atoms. The molecule has 6 rings (SSSR count). The highest BCUT2D eigenvalue weighted by atomic mass is 16.1. The monoisotopic (exact) mass is 460 g/mol. The van der Waals surface area contributed by atoms with Crippen molar-refractivity contribution in [3.05, 3.63) is 73.3 Å². The summed E-state index contributed by atoms with van der Waals surface area (Å²) in [5.74, 6) is 0.594. The number of H-pyrrole nitrogens is 2. The summed E-state index contributed by atoms with van der Waals surface area (Å²) in [6.07, 6.45) is 7.28. The predicted molar refractivity (Wildman–Crippen MR) is 134 cm³/mol. The van der Waals surface area contributed by atoms with Crippen LogP contribution in [0.15, 0.2) is 73.3 Å². The molecular weight excluding hydrogens is 440 g/mol. The fourth-order valence-electron chi connectivity index (χ4n) is 4.03. The third kappa shape index (κ3) is 3.78. The number of imidazole rings is 1. The first kappa shape index (κ1) is 20.7. The van der Waals surface area contributed by atoms with E-state index in [0.717, 1.165) is 44.5 Å². The minimum absolute atomic E-state index is 0.0652. The Labute approximate surface area is 199 Å². The fourth-order valence-corrected chi connectivity index (χ4v) is 4.03. The maximum Gasteiger partial charge on any atom is 0.224 e. The number of para-hydroxylation sites is 1. The standard InChI is InChI=1S/C26H20N8O/c1-2-22(35)30-17-10-15(12-27-14-17)16-11-19-24(33-34-25(19)29-13-16)26-31-21-8-5-6-18(23(21)32-26)20-7-3-4-9-28-20/h3-14H,2H2,1H3,(H,30,35)(H,31,32)(H,29,33,34). The SMILES string of the molecule is CCC(=O)Nc1cncc(-c2cnc3n[nH]c(-c4nc5c(-c6ccccn6)cccc5[nH]4)c3c2)c1. The first-order valence-electron chi connectivity index (χ1n) is 11.2. The van der Waals surface area contributed by atoms with Gasteiger partial charge in [0.25, 0.3) is 0 Å². The second-order valence-corrected chi connectivity index (χ2v) is 8.06. The number of aromatic amines is 2. The second kappa shape index (κ2) is 8.45. The normalized spacial score (nSPS) is 11.2. The Morgan fingerprint density at radius 3 is 2.77 bits per heavy atom. The molecule has 5 aromatic heterocycles. The molecule has 9 heteroatoms. The van der Waals surface area contributed by atoms with E-state index in [9.17, 15) is 4.79 Å². The van der Waals surface area contributed by atoms with Gasteiger partial charge in [0.05, 0.1) is 34.0 Å². The largest absolute Gasteiger partial charge is 0.337 e. The van der Waals surface area contributed by atoms with Crippen molar-refractivity contribution in [1.29, 1.82) is 0 Å². The van der Waals surface area contributed by atoms with E-state index >= 15 is 0 Å². The number of amides is 1. The first-order chi connectivity index (χ1) is 17.2. The van der Waals surface area contributed by atoms with Crippen LogP contribution in [0.1, 0.15) is 13.3 Å². The predicted octanol–water partition coefficient (Wildman–Crippen LogP) is 4.97. The molecule has 5 heterocycles. The van der Waals surface area contributed by atoms with Gasteiger partial charge in [-0.25, -0.2) is 9.97 Å². The summed E-state index contributed by atoms with van der Waals surface area (Å²) in [7, 11) is 0. The molecule has 1 amide bonds. The van der Waals surface area contributed by atoms with Crippen molar-refractivity contribution in [3.63, 3.8) is 0 Å². The molecule has 0 fully saturated rings. The van der Waals surface area contributed by atoms with Crippen molar-refractivity contribution in [2.75, 3.05) is 5.32 Å². The van der Waals surface area contributed by atoms with Crippen LogP contribution in [0.5, 0.6) is 0 Å². The van der Waals surface area contributed by atoms with Crippen LogP contribution in [0.3, 0.4) is 0 Å².